The quantitative estimate of drug-likeness (QED) is 0.388. The number of rotatable bonds is 0. The van der Waals surface area contributed by atoms with Crippen LogP contribution in [0.1, 0.15) is 19.4 Å². The van der Waals surface area contributed by atoms with Gasteiger partial charge in [-0.3, -0.25) is 0 Å². The summed E-state index contributed by atoms with van der Waals surface area (Å²) < 4.78 is 1.51. The average molecular weight is 416 g/mol. The van der Waals surface area contributed by atoms with E-state index in [2.05, 4.69) is 32.9 Å². The van der Waals surface area contributed by atoms with Crippen LogP contribution < -0.4 is 0 Å². The van der Waals surface area contributed by atoms with E-state index in [1.165, 1.54) is 8.77 Å². The van der Waals surface area contributed by atoms with Gasteiger partial charge >= 0.3 is 41.3 Å². The molecule has 0 bridgehead atoms. The molecule has 0 heterocycles. The topological polar surface area (TPSA) is 0 Å². The van der Waals surface area contributed by atoms with Gasteiger partial charge in [0.2, 0.25) is 0 Å². The van der Waals surface area contributed by atoms with Crippen LogP contribution in [-0.2, 0) is 24.2 Å². The van der Waals surface area contributed by atoms with E-state index >= 15 is 0 Å². The third kappa shape index (κ3) is 24.4. The summed E-state index contributed by atoms with van der Waals surface area (Å²) in [5, 5.41) is 0. The SMILES string of the molecule is C[C](C)=[Zr].C[c-]1cccc1.Cl.Cl.c1cc[cH-]c1.c1cc[cH-]c1. The minimum Gasteiger partial charge on any atom is -0.214 e. The molecule has 22 heavy (non-hydrogen) atoms. The zero-order valence-corrected chi connectivity index (χ0v) is 17.5. The van der Waals surface area contributed by atoms with Gasteiger partial charge < -0.3 is 0 Å². The maximum Gasteiger partial charge on any atom is -0.0860 e. The molecule has 0 atom stereocenters. The molecule has 3 heteroatoms. The molecule has 0 N–H and O–H groups in total. The summed E-state index contributed by atoms with van der Waals surface area (Å²) in [6.45, 7) is 6.33. The minimum atomic E-state index is 0. The van der Waals surface area contributed by atoms with E-state index in [9.17, 15) is 0 Å². The van der Waals surface area contributed by atoms with E-state index in [0.717, 1.165) is 0 Å². The molecule has 3 aromatic carbocycles. The molecule has 3 aromatic rings. The van der Waals surface area contributed by atoms with Crippen molar-refractivity contribution in [3.63, 3.8) is 0 Å². The Hall–Kier alpha value is -0.617. The van der Waals surface area contributed by atoms with Crippen LogP contribution in [0, 0.1) is 6.92 Å². The van der Waals surface area contributed by atoms with Crippen molar-refractivity contribution < 1.29 is 24.2 Å². The smallest absolute Gasteiger partial charge is 0.0860 e. The molecule has 0 radical (unpaired) electrons. The Morgan fingerprint density at radius 2 is 1.00 bits per heavy atom. The van der Waals surface area contributed by atoms with Crippen molar-refractivity contribution in [2.24, 2.45) is 0 Å². The van der Waals surface area contributed by atoms with Gasteiger partial charge in [-0.05, 0) is 0 Å². The van der Waals surface area contributed by atoms with E-state index in [4.69, 9.17) is 0 Å². The summed E-state index contributed by atoms with van der Waals surface area (Å²) in [5.41, 5.74) is 1.34. The Bertz CT molecular complexity index is 415. The van der Waals surface area contributed by atoms with Gasteiger partial charge in [0, 0.05) is 0 Å². The fraction of sp³-hybridized carbons (Fsp3) is 0.158. The maximum absolute atomic E-state index is 2.12. The third-order valence-corrected chi connectivity index (χ3v) is 1.94. The number of halogens is 2. The first kappa shape index (κ1) is 26.3. The Morgan fingerprint density at radius 1 is 0.727 bits per heavy atom. The number of hydrogen-bond donors (Lipinski definition) is 0. The largest absolute Gasteiger partial charge is 0.214 e. The second-order valence-electron chi connectivity index (χ2n) is 4.39. The van der Waals surface area contributed by atoms with E-state index in [1.54, 1.807) is 24.2 Å². The van der Waals surface area contributed by atoms with Crippen molar-refractivity contribution in [3.05, 3.63) is 90.5 Å². The summed E-state index contributed by atoms with van der Waals surface area (Å²) >= 11 is 1.55. The van der Waals surface area contributed by atoms with Crippen LogP contribution in [0.3, 0.4) is 0 Å². The van der Waals surface area contributed by atoms with Gasteiger partial charge in [-0.25, -0.2) is 36.4 Å². The van der Waals surface area contributed by atoms with Gasteiger partial charge in [0.15, 0.2) is 0 Å². The van der Waals surface area contributed by atoms with Crippen molar-refractivity contribution in [3.8, 4) is 0 Å². The molecule has 0 unspecified atom stereocenters. The molecule has 0 aliphatic heterocycles. The predicted octanol–water partition coefficient (Wildman–Crippen LogP) is 6.11. The molecular weight excluding hydrogens is 390 g/mol. The standard InChI is InChI=1S/C6H7.2C5H5.C3H6.2ClH.Zr/c1-6-4-2-3-5-6;2*1-2-4-5-3-1;1-3-2;;;/h2-5H,1H3;2*1-5H;1-2H3;2*1H;/q3*-1;;;;. The molecule has 0 fully saturated rings. The second kappa shape index (κ2) is 20.4. The van der Waals surface area contributed by atoms with E-state index in [-0.39, 0.29) is 24.8 Å². The predicted molar refractivity (Wildman–Crippen MR) is 102 cm³/mol. The summed E-state index contributed by atoms with van der Waals surface area (Å²) in [5.74, 6) is 0. The van der Waals surface area contributed by atoms with Crippen molar-refractivity contribution in [1.82, 2.24) is 0 Å². The molecule has 3 rings (SSSR count). The number of hydrogen-bond acceptors (Lipinski definition) is 0. The Morgan fingerprint density at radius 3 is 1.09 bits per heavy atom. The second-order valence-corrected chi connectivity index (χ2v) is 6.84. The first-order valence-corrected chi connectivity index (χ1v) is 7.89. The number of aryl methyl sites for hydroxylation is 1. The summed E-state index contributed by atoms with van der Waals surface area (Å²) in [4.78, 5) is 0. The molecule has 122 valence electrons. The van der Waals surface area contributed by atoms with Gasteiger partial charge in [0.25, 0.3) is 0 Å². The Balaban J connectivity index is -0.000000215. The fourth-order valence-electron chi connectivity index (χ4n) is 1.11. The average Bonchev–Trinajstić information content (AvgIpc) is 3.17. The molecule has 0 nitrogen and oxygen atoms in total. The molecule has 0 aromatic heterocycles. The van der Waals surface area contributed by atoms with Gasteiger partial charge in [-0.2, -0.15) is 54.1 Å². The van der Waals surface area contributed by atoms with Crippen LogP contribution in [0.4, 0.5) is 0 Å². The summed E-state index contributed by atoms with van der Waals surface area (Å²) in [6, 6.07) is 28.2. The van der Waals surface area contributed by atoms with Crippen LogP contribution in [0.5, 0.6) is 0 Å². The minimum absolute atomic E-state index is 0. The summed E-state index contributed by atoms with van der Waals surface area (Å²) in [7, 11) is 0. The Kier molecular flexibility index (Phi) is 24.4. The van der Waals surface area contributed by atoms with Gasteiger partial charge in [-0.1, -0.05) is 6.92 Å². The van der Waals surface area contributed by atoms with Crippen molar-refractivity contribution in [1.29, 1.82) is 0 Å². The monoisotopic (exact) mass is 413 g/mol. The normalized spacial score (nSPS) is 7.18. The van der Waals surface area contributed by atoms with E-state index < -0.39 is 0 Å². The summed E-state index contributed by atoms with van der Waals surface area (Å²) in [6.07, 6.45) is 0. The van der Waals surface area contributed by atoms with Crippen molar-refractivity contribution >= 4 is 28.0 Å². The van der Waals surface area contributed by atoms with E-state index in [1.807, 2.05) is 72.8 Å². The van der Waals surface area contributed by atoms with Crippen LogP contribution >= 0.6 is 24.8 Å². The fourth-order valence-corrected chi connectivity index (χ4v) is 1.11. The zero-order valence-electron chi connectivity index (χ0n) is 13.4. The molecular formula is C19H25Cl2Zr-3. The van der Waals surface area contributed by atoms with Crippen LogP contribution in [0.15, 0.2) is 84.9 Å². The van der Waals surface area contributed by atoms with Crippen molar-refractivity contribution in [2.45, 2.75) is 20.8 Å². The van der Waals surface area contributed by atoms with E-state index in [0.29, 0.717) is 0 Å². The molecule has 0 saturated carbocycles. The molecule has 0 amide bonds. The van der Waals surface area contributed by atoms with Gasteiger partial charge in [0.05, 0.1) is 0 Å². The molecule has 0 aliphatic carbocycles. The first-order chi connectivity index (χ1) is 9.63. The van der Waals surface area contributed by atoms with Gasteiger partial charge in [-0.15, -0.1) is 24.8 Å². The maximum atomic E-state index is 2.12. The van der Waals surface area contributed by atoms with Crippen LogP contribution in [0.2, 0.25) is 0 Å². The first-order valence-electron chi connectivity index (χ1n) is 6.66. The zero-order chi connectivity index (χ0) is 15.1. The molecule has 0 saturated heterocycles. The molecule has 0 aliphatic rings. The molecule has 0 spiro atoms. The Labute approximate surface area is 162 Å². The van der Waals surface area contributed by atoms with Crippen LogP contribution in [0.25, 0.3) is 0 Å². The van der Waals surface area contributed by atoms with Crippen molar-refractivity contribution in [2.75, 3.05) is 0 Å². The van der Waals surface area contributed by atoms with Gasteiger partial charge in [0.1, 0.15) is 0 Å². The third-order valence-electron chi connectivity index (χ3n) is 1.94. The van der Waals surface area contributed by atoms with Crippen LogP contribution in [-0.4, -0.2) is 3.21 Å².